The first kappa shape index (κ1) is 16.5. The Morgan fingerprint density at radius 3 is 2.57 bits per heavy atom. The third kappa shape index (κ3) is 5.10. The summed E-state index contributed by atoms with van der Waals surface area (Å²) in [4.78, 5) is 2.39. The van der Waals surface area contributed by atoms with Crippen molar-refractivity contribution in [1.82, 2.24) is 4.90 Å². The molecule has 1 aromatic carbocycles. The lowest BCUT2D eigenvalue weighted by atomic mass is 10.0. The zero-order valence-corrected chi connectivity index (χ0v) is 13.6. The molecule has 1 aliphatic heterocycles. The molecular formula is C18H29NO2. The molecule has 1 N–H and O–H groups in total. The van der Waals surface area contributed by atoms with E-state index in [9.17, 15) is 5.11 Å². The molecule has 0 bridgehead atoms. The van der Waals surface area contributed by atoms with Gasteiger partial charge in [-0.3, -0.25) is 0 Å². The molecule has 0 amide bonds. The third-order valence-electron chi connectivity index (χ3n) is 4.28. The molecule has 1 saturated heterocycles. The van der Waals surface area contributed by atoms with Crippen LogP contribution in [0.25, 0.3) is 0 Å². The van der Waals surface area contributed by atoms with Gasteiger partial charge in [-0.25, -0.2) is 0 Å². The van der Waals surface area contributed by atoms with Gasteiger partial charge >= 0.3 is 0 Å². The summed E-state index contributed by atoms with van der Waals surface area (Å²) in [6, 6.07) is 6.33. The number of benzene rings is 1. The Labute approximate surface area is 128 Å². The fourth-order valence-corrected chi connectivity index (χ4v) is 3.13. The summed E-state index contributed by atoms with van der Waals surface area (Å²) < 4.78 is 5.70. The van der Waals surface area contributed by atoms with Gasteiger partial charge in [0.2, 0.25) is 0 Å². The highest BCUT2D eigenvalue weighted by Gasteiger charge is 2.19. The molecule has 3 nitrogen and oxygen atoms in total. The molecule has 1 aromatic rings. The van der Waals surface area contributed by atoms with Gasteiger partial charge in [0, 0.05) is 19.7 Å². The largest absolute Gasteiger partial charge is 0.388 e. The van der Waals surface area contributed by atoms with Crippen molar-refractivity contribution in [2.75, 3.05) is 26.2 Å². The topological polar surface area (TPSA) is 32.7 Å². The lowest BCUT2D eigenvalue weighted by Gasteiger charge is -2.25. The van der Waals surface area contributed by atoms with Gasteiger partial charge in [0.25, 0.3) is 0 Å². The molecule has 0 aromatic heterocycles. The molecule has 118 valence electrons. The van der Waals surface area contributed by atoms with Crippen LogP contribution in [0, 0.1) is 13.8 Å². The van der Waals surface area contributed by atoms with Crippen LogP contribution in [-0.2, 0) is 4.74 Å². The minimum absolute atomic E-state index is 0.373. The van der Waals surface area contributed by atoms with Gasteiger partial charge < -0.3 is 14.7 Å². The maximum Gasteiger partial charge on any atom is 0.0802 e. The van der Waals surface area contributed by atoms with E-state index in [4.69, 9.17) is 4.74 Å². The Morgan fingerprint density at radius 1 is 1.29 bits per heavy atom. The van der Waals surface area contributed by atoms with E-state index in [1.165, 1.54) is 24.0 Å². The quantitative estimate of drug-likeness (QED) is 0.837. The Bertz CT molecular complexity index is 421. The lowest BCUT2D eigenvalue weighted by molar-refractivity contribution is 0.0669. The summed E-state index contributed by atoms with van der Waals surface area (Å²) in [5.74, 6) is 0. The molecule has 2 atom stereocenters. The molecule has 0 aliphatic carbocycles. The molecule has 0 radical (unpaired) electrons. The predicted octanol–water partition coefficient (Wildman–Crippen LogP) is 3.23. The highest BCUT2D eigenvalue weighted by molar-refractivity contribution is 5.29. The van der Waals surface area contributed by atoms with Crippen LogP contribution in [0.15, 0.2) is 18.2 Å². The van der Waals surface area contributed by atoms with Crippen LogP contribution in [0.5, 0.6) is 0 Å². The number of aliphatic hydroxyl groups is 1. The Morgan fingerprint density at radius 2 is 2.00 bits per heavy atom. The molecule has 21 heavy (non-hydrogen) atoms. The maximum atomic E-state index is 10.4. The molecule has 0 spiro atoms. The molecular weight excluding hydrogens is 262 g/mol. The number of rotatable bonds is 7. The van der Waals surface area contributed by atoms with Crippen LogP contribution in [0.1, 0.15) is 49.0 Å². The van der Waals surface area contributed by atoms with Gasteiger partial charge in [0.05, 0.1) is 12.2 Å². The average molecular weight is 291 g/mol. The molecule has 2 rings (SSSR count). The number of aryl methyl sites for hydroxylation is 2. The summed E-state index contributed by atoms with van der Waals surface area (Å²) in [5, 5.41) is 10.4. The molecule has 2 unspecified atom stereocenters. The van der Waals surface area contributed by atoms with E-state index in [0.29, 0.717) is 6.10 Å². The zero-order chi connectivity index (χ0) is 15.2. The van der Waals surface area contributed by atoms with Gasteiger partial charge in [0.15, 0.2) is 0 Å². The first-order chi connectivity index (χ1) is 10.1. The van der Waals surface area contributed by atoms with Crippen molar-refractivity contribution in [2.24, 2.45) is 0 Å². The average Bonchev–Trinajstić information content (AvgIpc) is 2.94. The zero-order valence-electron chi connectivity index (χ0n) is 13.6. The van der Waals surface area contributed by atoms with E-state index in [1.807, 2.05) is 0 Å². The van der Waals surface area contributed by atoms with E-state index < -0.39 is 0 Å². The van der Waals surface area contributed by atoms with Crippen LogP contribution in [0.4, 0.5) is 0 Å². The van der Waals surface area contributed by atoms with Crippen LogP contribution in [-0.4, -0.2) is 42.4 Å². The van der Waals surface area contributed by atoms with Crippen molar-refractivity contribution >= 4 is 0 Å². The number of nitrogens with zero attached hydrogens (tertiary/aromatic N) is 1. The normalized spacial score (nSPS) is 20.1. The van der Waals surface area contributed by atoms with E-state index in [-0.39, 0.29) is 6.10 Å². The first-order valence-electron chi connectivity index (χ1n) is 8.18. The Hall–Kier alpha value is -0.900. The van der Waals surface area contributed by atoms with Crippen molar-refractivity contribution < 1.29 is 9.84 Å². The molecule has 1 aliphatic rings. The van der Waals surface area contributed by atoms with Crippen molar-refractivity contribution in [3.63, 3.8) is 0 Å². The summed E-state index contributed by atoms with van der Waals surface area (Å²) in [7, 11) is 0. The van der Waals surface area contributed by atoms with Gasteiger partial charge in [0.1, 0.15) is 0 Å². The summed E-state index contributed by atoms with van der Waals surface area (Å²) in [6.45, 7) is 10.2. The highest BCUT2D eigenvalue weighted by Crippen LogP contribution is 2.21. The summed E-state index contributed by atoms with van der Waals surface area (Å²) in [6.07, 6.45) is 3.16. The number of hydrogen-bond donors (Lipinski definition) is 1. The first-order valence-corrected chi connectivity index (χ1v) is 8.18. The summed E-state index contributed by atoms with van der Waals surface area (Å²) in [5.41, 5.74) is 3.48. The minimum atomic E-state index is -0.373. The second-order valence-corrected chi connectivity index (χ2v) is 6.25. The van der Waals surface area contributed by atoms with Crippen LogP contribution >= 0.6 is 0 Å². The van der Waals surface area contributed by atoms with Crippen molar-refractivity contribution in [3.8, 4) is 0 Å². The van der Waals surface area contributed by atoms with Crippen LogP contribution in [0.3, 0.4) is 0 Å². The van der Waals surface area contributed by atoms with Crippen molar-refractivity contribution in [1.29, 1.82) is 0 Å². The molecule has 1 heterocycles. The van der Waals surface area contributed by atoms with Gasteiger partial charge in [-0.1, -0.05) is 36.2 Å². The van der Waals surface area contributed by atoms with Gasteiger partial charge in [-0.15, -0.1) is 0 Å². The van der Waals surface area contributed by atoms with E-state index >= 15 is 0 Å². The number of aliphatic hydroxyl groups excluding tert-OH is 1. The standard InChI is InChI=1S/C18H29NO2/c1-4-19(13-17-6-5-9-21-17)8-7-18(20)16-11-14(2)10-15(3)12-16/h10-12,17-18,20H,4-9,13H2,1-3H3. The van der Waals surface area contributed by atoms with Gasteiger partial charge in [-0.05, 0) is 45.2 Å². The number of hydrogen-bond acceptors (Lipinski definition) is 3. The summed E-state index contributed by atoms with van der Waals surface area (Å²) >= 11 is 0. The Kier molecular flexibility index (Phi) is 6.22. The smallest absolute Gasteiger partial charge is 0.0802 e. The fraction of sp³-hybridized carbons (Fsp3) is 0.667. The van der Waals surface area contributed by atoms with E-state index in [0.717, 1.165) is 38.2 Å². The second kappa shape index (κ2) is 7.92. The maximum absolute atomic E-state index is 10.4. The second-order valence-electron chi connectivity index (χ2n) is 6.25. The molecule has 0 saturated carbocycles. The van der Waals surface area contributed by atoms with Crippen molar-refractivity contribution in [2.45, 2.75) is 52.2 Å². The molecule has 3 heteroatoms. The van der Waals surface area contributed by atoms with Crippen LogP contribution in [0.2, 0.25) is 0 Å². The highest BCUT2D eigenvalue weighted by atomic mass is 16.5. The lowest BCUT2D eigenvalue weighted by Crippen LogP contribution is -2.33. The Balaban J connectivity index is 1.84. The molecule has 1 fully saturated rings. The monoisotopic (exact) mass is 291 g/mol. The third-order valence-corrected chi connectivity index (χ3v) is 4.28. The number of ether oxygens (including phenoxy) is 1. The van der Waals surface area contributed by atoms with Crippen LogP contribution < -0.4 is 0 Å². The number of likely N-dealkylation sites (N-methyl/N-ethyl adjacent to an activating group) is 1. The SMILES string of the molecule is CCN(CCC(O)c1cc(C)cc(C)c1)CC1CCCO1. The minimum Gasteiger partial charge on any atom is -0.388 e. The van der Waals surface area contributed by atoms with E-state index in [2.05, 4.69) is 43.9 Å². The van der Waals surface area contributed by atoms with E-state index in [1.54, 1.807) is 0 Å². The van der Waals surface area contributed by atoms with Gasteiger partial charge in [-0.2, -0.15) is 0 Å². The van der Waals surface area contributed by atoms with Crippen molar-refractivity contribution in [3.05, 3.63) is 34.9 Å². The fourth-order valence-electron chi connectivity index (χ4n) is 3.13. The predicted molar refractivity (Wildman–Crippen MR) is 86.6 cm³/mol.